The van der Waals surface area contributed by atoms with Crippen LogP contribution in [0.1, 0.15) is 38.9 Å². The number of aliphatic hydroxyl groups is 1. The second-order valence-corrected chi connectivity index (χ2v) is 5.38. The summed E-state index contributed by atoms with van der Waals surface area (Å²) in [7, 11) is 0. The first-order valence-corrected chi connectivity index (χ1v) is 5.30. The van der Waals surface area contributed by atoms with Gasteiger partial charge in [0.1, 0.15) is 5.82 Å². The molecule has 1 aromatic carbocycles. The van der Waals surface area contributed by atoms with Crippen LogP contribution >= 0.6 is 11.6 Å². The number of benzene rings is 1. The van der Waals surface area contributed by atoms with E-state index in [1.807, 2.05) is 20.8 Å². The lowest BCUT2D eigenvalue weighted by Gasteiger charge is -2.22. The molecule has 0 aliphatic rings. The zero-order chi connectivity index (χ0) is 11.6. The minimum Gasteiger partial charge on any atom is -0.388 e. The van der Waals surface area contributed by atoms with Gasteiger partial charge >= 0.3 is 0 Å². The van der Waals surface area contributed by atoms with Gasteiger partial charge in [0.2, 0.25) is 0 Å². The van der Waals surface area contributed by atoms with E-state index in [1.54, 1.807) is 6.07 Å². The van der Waals surface area contributed by atoms with Crippen molar-refractivity contribution in [2.75, 3.05) is 0 Å². The molecule has 1 nitrogen and oxygen atoms in total. The molecular weight excluding hydrogens is 215 g/mol. The molecule has 1 unspecified atom stereocenters. The summed E-state index contributed by atoms with van der Waals surface area (Å²) >= 11 is 5.63. The van der Waals surface area contributed by atoms with Crippen molar-refractivity contribution in [2.24, 2.45) is 5.41 Å². The standard InChI is InChI=1S/C12H16ClFO/c1-12(2,3)7-11(15)9-5-4-8(13)6-10(9)14/h4-6,11,15H,7H2,1-3H3. The Hall–Kier alpha value is -0.600. The molecule has 1 aromatic rings. The van der Waals surface area contributed by atoms with E-state index < -0.39 is 11.9 Å². The van der Waals surface area contributed by atoms with E-state index in [2.05, 4.69) is 0 Å². The molecule has 0 saturated heterocycles. The molecule has 0 fully saturated rings. The Bertz CT molecular complexity index is 344. The Kier molecular flexibility index (Phi) is 3.74. The van der Waals surface area contributed by atoms with Crippen LogP contribution in [0.15, 0.2) is 18.2 Å². The Morgan fingerprint density at radius 3 is 2.47 bits per heavy atom. The average Bonchev–Trinajstić information content (AvgIpc) is 1.99. The highest BCUT2D eigenvalue weighted by Crippen LogP contribution is 2.31. The van der Waals surface area contributed by atoms with Crippen molar-refractivity contribution < 1.29 is 9.50 Å². The fraction of sp³-hybridized carbons (Fsp3) is 0.500. The van der Waals surface area contributed by atoms with Gasteiger partial charge < -0.3 is 5.11 Å². The van der Waals surface area contributed by atoms with Crippen molar-refractivity contribution in [3.05, 3.63) is 34.6 Å². The number of hydrogen-bond acceptors (Lipinski definition) is 1. The van der Waals surface area contributed by atoms with E-state index in [9.17, 15) is 9.50 Å². The van der Waals surface area contributed by atoms with E-state index in [0.717, 1.165) is 0 Å². The lowest BCUT2D eigenvalue weighted by Crippen LogP contribution is -2.12. The van der Waals surface area contributed by atoms with Crippen molar-refractivity contribution in [1.82, 2.24) is 0 Å². The molecule has 0 aromatic heterocycles. The van der Waals surface area contributed by atoms with Gasteiger partial charge in [-0.3, -0.25) is 0 Å². The van der Waals surface area contributed by atoms with Gasteiger partial charge in [-0.1, -0.05) is 38.4 Å². The lowest BCUT2D eigenvalue weighted by molar-refractivity contribution is 0.119. The summed E-state index contributed by atoms with van der Waals surface area (Å²) in [5.74, 6) is -0.445. The molecular formula is C12H16ClFO. The fourth-order valence-corrected chi connectivity index (χ4v) is 1.62. The normalized spacial score (nSPS) is 14.0. The Morgan fingerprint density at radius 1 is 1.40 bits per heavy atom. The van der Waals surface area contributed by atoms with Crippen molar-refractivity contribution in [1.29, 1.82) is 0 Å². The third-order valence-corrected chi connectivity index (χ3v) is 2.36. The molecule has 0 radical (unpaired) electrons. The van der Waals surface area contributed by atoms with Crippen molar-refractivity contribution in [2.45, 2.75) is 33.3 Å². The number of hydrogen-bond donors (Lipinski definition) is 1. The first-order valence-electron chi connectivity index (χ1n) is 4.92. The second-order valence-electron chi connectivity index (χ2n) is 4.95. The Morgan fingerprint density at radius 2 is 2.00 bits per heavy atom. The molecule has 0 spiro atoms. The number of aliphatic hydroxyl groups excluding tert-OH is 1. The number of rotatable bonds is 2. The predicted molar refractivity (Wildman–Crippen MR) is 60.4 cm³/mol. The maximum absolute atomic E-state index is 13.4. The molecule has 3 heteroatoms. The Balaban J connectivity index is 2.87. The largest absolute Gasteiger partial charge is 0.388 e. The van der Waals surface area contributed by atoms with E-state index in [1.165, 1.54) is 12.1 Å². The quantitative estimate of drug-likeness (QED) is 0.816. The van der Waals surface area contributed by atoms with Gasteiger partial charge in [0.15, 0.2) is 0 Å². The van der Waals surface area contributed by atoms with Crippen LogP contribution in [0.3, 0.4) is 0 Å². The predicted octanol–water partition coefficient (Wildman–Crippen LogP) is 3.95. The molecule has 0 heterocycles. The van der Waals surface area contributed by atoms with Gasteiger partial charge in [-0.05, 0) is 24.0 Å². The summed E-state index contributed by atoms with van der Waals surface area (Å²) in [4.78, 5) is 0. The molecule has 0 saturated carbocycles. The summed E-state index contributed by atoms with van der Waals surface area (Å²) in [5, 5.41) is 10.2. The summed E-state index contributed by atoms with van der Waals surface area (Å²) in [6, 6.07) is 4.35. The summed E-state index contributed by atoms with van der Waals surface area (Å²) in [6.45, 7) is 6.01. The van der Waals surface area contributed by atoms with Crippen molar-refractivity contribution in [3.63, 3.8) is 0 Å². The van der Waals surface area contributed by atoms with Crippen LogP contribution in [0, 0.1) is 11.2 Å². The highest BCUT2D eigenvalue weighted by atomic mass is 35.5. The SMILES string of the molecule is CC(C)(C)CC(O)c1ccc(Cl)cc1F. The number of halogens is 2. The summed E-state index contributed by atoms with van der Waals surface area (Å²) < 4.78 is 13.4. The summed E-state index contributed by atoms with van der Waals surface area (Å²) in [6.07, 6.45) is -0.256. The summed E-state index contributed by atoms with van der Waals surface area (Å²) in [5.41, 5.74) is 0.278. The van der Waals surface area contributed by atoms with Crippen LogP contribution in [-0.4, -0.2) is 5.11 Å². The van der Waals surface area contributed by atoms with Crippen LogP contribution in [0.4, 0.5) is 4.39 Å². The van der Waals surface area contributed by atoms with Crippen LogP contribution in [0.5, 0.6) is 0 Å². The van der Waals surface area contributed by atoms with E-state index in [0.29, 0.717) is 17.0 Å². The topological polar surface area (TPSA) is 20.2 Å². The third kappa shape index (κ3) is 3.80. The van der Waals surface area contributed by atoms with Gasteiger partial charge in [0.25, 0.3) is 0 Å². The van der Waals surface area contributed by atoms with Crippen LogP contribution in [0.25, 0.3) is 0 Å². The zero-order valence-electron chi connectivity index (χ0n) is 9.22. The van der Waals surface area contributed by atoms with Gasteiger partial charge in [-0.2, -0.15) is 0 Å². The van der Waals surface area contributed by atoms with Crippen LogP contribution in [0.2, 0.25) is 5.02 Å². The van der Waals surface area contributed by atoms with Gasteiger partial charge in [-0.25, -0.2) is 4.39 Å². The maximum Gasteiger partial charge on any atom is 0.130 e. The van der Waals surface area contributed by atoms with Gasteiger partial charge in [0.05, 0.1) is 6.10 Å². The van der Waals surface area contributed by atoms with Crippen molar-refractivity contribution in [3.8, 4) is 0 Å². The fourth-order valence-electron chi connectivity index (χ4n) is 1.46. The molecule has 84 valence electrons. The minimum atomic E-state index is -0.776. The van der Waals surface area contributed by atoms with Crippen molar-refractivity contribution >= 4 is 11.6 Å². The maximum atomic E-state index is 13.4. The molecule has 15 heavy (non-hydrogen) atoms. The first kappa shape index (κ1) is 12.5. The molecule has 1 N–H and O–H groups in total. The average molecular weight is 231 g/mol. The van der Waals surface area contributed by atoms with E-state index in [4.69, 9.17) is 11.6 Å². The molecule has 0 bridgehead atoms. The molecule has 0 aliphatic carbocycles. The molecule has 1 rings (SSSR count). The third-order valence-electron chi connectivity index (χ3n) is 2.13. The smallest absolute Gasteiger partial charge is 0.130 e. The highest BCUT2D eigenvalue weighted by molar-refractivity contribution is 6.30. The van der Waals surface area contributed by atoms with Crippen LogP contribution < -0.4 is 0 Å². The highest BCUT2D eigenvalue weighted by Gasteiger charge is 2.20. The minimum absolute atomic E-state index is 0.0362. The molecule has 0 amide bonds. The molecule has 0 aliphatic heterocycles. The monoisotopic (exact) mass is 230 g/mol. The lowest BCUT2D eigenvalue weighted by atomic mass is 9.87. The van der Waals surface area contributed by atoms with E-state index in [-0.39, 0.29) is 5.41 Å². The van der Waals surface area contributed by atoms with E-state index >= 15 is 0 Å². The second kappa shape index (κ2) is 4.50. The Labute approximate surface area is 94.9 Å². The zero-order valence-corrected chi connectivity index (χ0v) is 9.98. The first-order chi connectivity index (χ1) is 6.79. The molecule has 1 atom stereocenters. The van der Waals surface area contributed by atoms with Gasteiger partial charge in [0, 0.05) is 10.6 Å². The van der Waals surface area contributed by atoms with Crippen LogP contribution in [-0.2, 0) is 0 Å². The van der Waals surface area contributed by atoms with Gasteiger partial charge in [-0.15, -0.1) is 0 Å².